The van der Waals surface area contributed by atoms with Crippen molar-refractivity contribution in [3.8, 4) is 12.3 Å². The molecule has 0 radical (unpaired) electrons. The smallest absolute Gasteiger partial charge is 0.315 e. The number of ether oxygens (including phenoxy) is 2. The van der Waals surface area contributed by atoms with Gasteiger partial charge in [0.1, 0.15) is 0 Å². The van der Waals surface area contributed by atoms with Crippen LogP contribution in [0.25, 0.3) is 0 Å². The van der Waals surface area contributed by atoms with E-state index in [-0.39, 0.29) is 29.9 Å². The van der Waals surface area contributed by atoms with E-state index in [2.05, 4.69) is 27.2 Å². The van der Waals surface area contributed by atoms with Gasteiger partial charge in [0.15, 0.2) is 0 Å². The number of nitrogens with one attached hydrogen (secondary N) is 4. The zero-order chi connectivity index (χ0) is 23.0. The van der Waals surface area contributed by atoms with Crippen LogP contribution in [-0.2, 0) is 19.1 Å². The van der Waals surface area contributed by atoms with Gasteiger partial charge in [-0.05, 0) is 19.3 Å². The number of thioether (sulfide) groups is 1. The van der Waals surface area contributed by atoms with Crippen molar-refractivity contribution in [3.63, 3.8) is 0 Å². The standard InChI is InChI=1S/C22H36N4O5S/c1-2-3-4-8-19(27)23-10-12-30-14-15-31-13-11-24-20(28)9-6-5-7-18-21-17(16-32-18)25-22(29)26-21/h1,17-18,21H,3-16H2,(H,23,27)(H,24,28)(H2,25,26,29). The molecule has 2 heterocycles. The molecule has 4 N–H and O–H groups in total. The van der Waals surface area contributed by atoms with Crippen LogP contribution < -0.4 is 21.3 Å². The van der Waals surface area contributed by atoms with Crippen molar-refractivity contribution in [3.05, 3.63) is 0 Å². The maximum absolute atomic E-state index is 11.9. The van der Waals surface area contributed by atoms with Gasteiger partial charge in [-0.2, -0.15) is 11.8 Å². The average molecular weight is 469 g/mol. The van der Waals surface area contributed by atoms with Gasteiger partial charge in [-0.25, -0.2) is 4.79 Å². The number of unbranched alkanes of at least 4 members (excludes halogenated alkanes) is 2. The third-order valence-electron chi connectivity index (χ3n) is 5.31. The lowest BCUT2D eigenvalue weighted by molar-refractivity contribution is -0.122. The number of rotatable bonds is 17. The van der Waals surface area contributed by atoms with Gasteiger partial charge in [-0.3, -0.25) is 9.59 Å². The Balaban J connectivity index is 1.32. The summed E-state index contributed by atoms with van der Waals surface area (Å²) in [4.78, 5) is 34.8. The predicted molar refractivity (Wildman–Crippen MR) is 124 cm³/mol. The first-order chi connectivity index (χ1) is 15.6. The first-order valence-corrected chi connectivity index (χ1v) is 12.5. The van der Waals surface area contributed by atoms with E-state index in [1.165, 1.54) is 0 Å². The number of amides is 4. The molecule has 2 fully saturated rings. The summed E-state index contributed by atoms with van der Waals surface area (Å²) >= 11 is 1.90. The molecule has 0 aromatic heterocycles. The molecule has 9 nitrogen and oxygen atoms in total. The first-order valence-electron chi connectivity index (χ1n) is 11.4. The van der Waals surface area contributed by atoms with Gasteiger partial charge >= 0.3 is 6.03 Å². The fourth-order valence-electron chi connectivity index (χ4n) is 3.65. The minimum Gasteiger partial charge on any atom is -0.377 e. The largest absolute Gasteiger partial charge is 0.377 e. The van der Waals surface area contributed by atoms with Crippen LogP contribution in [-0.4, -0.2) is 80.4 Å². The van der Waals surface area contributed by atoms with Crippen LogP contribution in [0.4, 0.5) is 4.79 Å². The van der Waals surface area contributed by atoms with Crippen molar-refractivity contribution in [1.29, 1.82) is 0 Å². The number of carbonyl (C=O) groups is 3. The minimum absolute atomic E-state index is 0.0125. The average Bonchev–Trinajstić information content (AvgIpc) is 3.32. The topological polar surface area (TPSA) is 118 Å². The Morgan fingerprint density at radius 1 is 1.00 bits per heavy atom. The summed E-state index contributed by atoms with van der Waals surface area (Å²) in [5.41, 5.74) is 0. The van der Waals surface area contributed by atoms with E-state index in [1.54, 1.807) is 0 Å². The van der Waals surface area contributed by atoms with Crippen LogP contribution in [0.2, 0.25) is 0 Å². The molecule has 0 saturated carbocycles. The number of urea groups is 1. The summed E-state index contributed by atoms with van der Waals surface area (Å²) in [6, 6.07) is 0.418. The molecule has 0 spiro atoms. The molecular formula is C22H36N4O5S. The Labute approximate surface area is 194 Å². The number of terminal acetylenes is 1. The summed E-state index contributed by atoms with van der Waals surface area (Å²) in [6.45, 7) is 2.71. The van der Waals surface area contributed by atoms with Crippen molar-refractivity contribution in [2.24, 2.45) is 0 Å². The fraction of sp³-hybridized carbons (Fsp3) is 0.773. The third kappa shape index (κ3) is 10.6. The normalized spacial score (nSPS) is 21.3. The fourth-order valence-corrected chi connectivity index (χ4v) is 5.19. The lowest BCUT2D eigenvalue weighted by atomic mass is 10.0. The Kier molecular flexibility index (Phi) is 13.0. The molecule has 2 saturated heterocycles. The maximum atomic E-state index is 11.9. The third-order valence-corrected chi connectivity index (χ3v) is 6.82. The lowest BCUT2D eigenvalue weighted by Gasteiger charge is -2.16. The molecule has 3 unspecified atom stereocenters. The minimum atomic E-state index is -0.0604. The molecule has 2 rings (SSSR count). The van der Waals surface area contributed by atoms with E-state index in [9.17, 15) is 14.4 Å². The van der Waals surface area contributed by atoms with Crippen molar-refractivity contribution in [2.45, 2.75) is 62.3 Å². The van der Waals surface area contributed by atoms with E-state index in [0.29, 0.717) is 70.5 Å². The highest BCUT2D eigenvalue weighted by Gasteiger charge is 2.42. The molecule has 4 amide bonds. The molecule has 3 atom stereocenters. The monoisotopic (exact) mass is 468 g/mol. The summed E-state index contributed by atoms with van der Waals surface area (Å²) in [7, 11) is 0. The van der Waals surface area contributed by atoms with E-state index in [0.717, 1.165) is 25.0 Å². The van der Waals surface area contributed by atoms with Crippen molar-refractivity contribution in [1.82, 2.24) is 21.3 Å². The van der Waals surface area contributed by atoms with E-state index >= 15 is 0 Å². The molecule has 32 heavy (non-hydrogen) atoms. The van der Waals surface area contributed by atoms with Gasteiger partial charge in [0.25, 0.3) is 0 Å². The van der Waals surface area contributed by atoms with Crippen LogP contribution >= 0.6 is 11.8 Å². The highest BCUT2D eigenvalue weighted by atomic mass is 32.2. The number of hydrogen-bond acceptors (Lipinski definition) is 6. The van der Waals surface area contributed by atoms with Crippen LogP contribution in [0, 0.1) is 12.3 Å². The molecule has 0 aromatic carbocycles. The summed E-state index contributed by atoms with van der Waals surface area (Å²) in [6.07, 6.45) is 10.2. The van der Waals surface area contributed by atoms with Crippen molar-refractivity contribution >= 4 is 29.6 Å². The van der Waals surface area contributed by atoms with Crippen molar-refractivity contribution < 1.29 is 23.9 Å². The van der Waals surface area contributed by atoms with Gasteiger partial charge in [0, 0.05) is 43.4 Å². The van der Waals surface area contributed by atoms with Gasteiger partial charge in [0.05, 0.1) is 38.5 Å². The Morgan fingerprint density at radius 2 is 1.66 bits per heavy atom. The van der Waals surface area contributed by atoms with Crippen LogP contribution in [0.5, 0.6) is 0 Å². The summed E-state index contributed by atoms with van der Waals surface area (Å²) in [5, 5.41) is 12.0. The lowest BCUT2D eigenvalue weighted by Crippen LogP contribution is -2.36. The van der Waals surface area contributed by atoms with E-state index < -0.39 is 0 Å². The Hall–Kier alpha value is -1.96. The molecule has 180 valence electrons. The quantitative estimate of drug-likeness (QED) is 0.142. The van der Waals surface area contributed by atoms with Crippen molar-refractivity contribution in [2.75, 3.05) is 45.3 Å². The Bertz CT molecular complexity index is 642. The highest BCUT2D eigenvalue weighted by molar-refractivity contribution is 8.00. The second kappa shape index (κ2) is 15.8. The molecule has 2 aliphatic rings. The van der Waals surface area contributed by atoms with E-state index in [1.807, 2.05) is 11.8 Å². The summed E-state index contributed by atoms with van der Waals surface area (Å²) < 4.78 is 10.8. The number of hydrogen-bond donors (Lipinski definition) is 4. The molecule has 0 bridgehead atoms. The first kappa shape index (κ1) is 26.3. The molecular weight excluding hydrogens is 432 g/mol. The van der Waals surface area contributed by atoms with Gasteiger partial charge in [-0.15, -0.1) is 12.3 Å². The predicted octanol–water partition coefficient (Wildman–Crippen LogP) is 0.781. The maximum Gasteiger partial charge on any atom is 0.315 e. The highest BCUT2D eigenvalue weighted by Crippen LogP contribution is 2.33. The zero-order valence-corrected chi connectivity index (χ0v) is 19.5. The summed E-state index contributed by atoms with van der Waals surface area (Å²) in [5.74, 6) is 3.49. The van der Waals surface area contributed by atoms with Crippen LogP contribution in [0.1, 0.15) is 44.9 Å². The molecule has 10 heteroatoms. The van der Waals surface area contributed by atoms with Crippen LogP contribution in [0.3, 0.4) is 0 Å². The van der Waals surface area contributed by atoms with Gasteiger partial charge in [-0.1, -0.05) is 6.42 Å². The molecule has 0 aliphatic carbocycles. The SMILES string of the molecule is C#CCCCC(=O)NCCOCCOCCNC(=O)CCCCC1SCC2NC(=O)NC21. The van der Waals surface area contributed by atoms with Gasteiger partial charge < -0.3 is 30.7 Å². The van der Waals surface area contributed by atoms with Crippen LogP contribution in [0.15, 0.2) is 0 Å². The number of carbonyl (C=O) groups excluding carboxylic acids is 3. The second-order valence-corrected chi connectivity index (χ2v) is 9.12. The van der Waals surface area contributed by atoms with E-state index in [4.69, 9.17) is 15.9 Å². The zero-order valence-electron chi connectivity index (χ0n) is 18.7. The second-order valence-electron chi connectivity index (χ2n) is 7.85. The molecule has 0 aromatic rings. The number of fused-ring (bicyclic) bond motifs is 1. The van der Waals surface area contributed by atoms with Gasteiger partial charge in [0.2, 0.25) is 11.8 Å². The molecule has 2 aliphatic heterocycles. The Morgan fingerprint density at radius 3 is 2.31 bits per heavy atom.